The van der Waals surface area contributed by atoms with Gasteiger partial charge < -0.3 is 15.2 Å². The third-order valence-corrected chi connectivity index (χ3v) is 4.98. The molecule has 0 spiro atoms. The molecule has 2 N–H and O–H groups in total. The highest BCUT2D eigenvalue weighted by molar-refractivity contribution is 14.1. The number of nitrogens with zero attached hydrogens (tertiary/aromatic N) is 1. The summed E-state index contributed by atoms with van der Waals surface area (Å²) in [5.41, 5.74) is 7.18. The van der Waals surface area contributed by atoms with Crippen LogP contribution in [0.4, 0.5) is 0 Å². The molecule has 0 unspecified atom stereocenters. The number of halogens is 1. The van der Waals surface area contributed by atoms with Gasteiger partial charge in [-0.3, -0.25) is 0 Å². The highest BCUT2D eigenvalue weighted by Gasteiger charge is 2.37. The molecule has 5 nitrogen and oxygen atoms in total. The average Bonchev–Trinajstić information content (AvgIpc) is 2.62. The molecule has 0 amide bonds. The molecule has 0 saturated carbocycles. The zero-order chi connectivity index (χ0) is 18.7. The van der Waals surface area contributed by atoms with Gasteiger partial charge in [-0.15, -0.1) is 0 Å². The van der Waals surface area contributed by atoms with Gasteiger partial charge in [0.15, 0.2) is 0 Å². The average molecular weight is 458 g/mol. The van der Waals surface area contributed by atoms with E-state index in [0.29, 0.717) is 11.5 Å². The van der Waals surface area contributed by atoms with E-state index in [-0.39, 0.29) is 17.0 Å². The molecule has 0 radical (unpaired) electrons. The van der Waals surface area contributed by atoms with Crippen LogP contribution in [0.3, 0.4) is 0 Å². The Balaban J connectivity index is 2.09. The normalized spacial score (nSPS) is 16.7. The number of benzene rings is 2. The number of hydrogen-bond acceptors (Lipinski definition) is 5. The van der Waals surface area contributed by atoms with Crippen LogP contribution in [-0.4, -0.2) is 5.97 Å². The van der Waals surface area contributed by atoms with Crippen LogP contribution in [-0.2, 0) is 9.53 Å². The zero-order valence-electron chi connectivity index (χ0n) is 13.9. The summed E-state index contributed by atoms with van der Waals surface area (Å²) in [4.78, 5) is 12.9. The molecule has 1 heterocycles. The number of nitrogens with two attached hydrogens (primary N) is 1. The van der Waals surface area contributed by atoms with Gasteiger partial charge in [-0.1, -0.05) is 36.4 Å². The van der Waals surface area contributed by atoms with Gasteiger partial charge in [0.25, 0.3) is 0 Å². The monoisotopic (exact) mass is 458 g/mol. The van der Waals surface area contributed by atoms with E-state index in [1.165, 1.54) is 0 Å². The highest BCUT2D eigenvalue weighted by atomic mass is 127. The van der Waals surface area contributed by atoms with Gasteiger partial charge in [-0.25, -0.2) is 4.79 Å². The standard InChI is InChI=1S/C20H15IN2O3/c1-12-17(20(24)26-13-7-3-2-4-8-13)18(15(11-22)19(23)25-12)14-9-5-6-10-16(14)21/h2-10,18H,23H2,1H3/t18-/m1/s1. The van der Waals surface area contributed by atoms with Crippen molar-refractivity contribution in [2.45, 2.75) is 12.8 Å². The van der Waals surface area contributed by atoms with E-state index in [2.05, 4.69) is 28.7 Å². The highest BCUT2D eigenvalue weighted by Crippen LogP contribution is 2.41. The molecule has 0 fully saturated rings. The van der Waals surface area contributed by atoms with Gasteiger partial charge in [0.1, 0.15) is 23.2 Å². The van der Waals surface area contributed by atoms with Crippen molar-refractivity contribution in [3.63, 3.8) is 0 Å². The Kier molecular flexibility index (Phi) is 5.28. The molecule has 130 valence electrons. The predicted octanol–water partition coefficient (Wildman–Crippen LogP) is 3.98. The van der Waals surface area contributed by atoms with Gasteiger partial charge in [0.05, 0.1) is 11.5 Å². The maximum absolute atomic E-state index is 12.9. The van der Waals surface area contributed by atoms with E-state index < -0.39 is 11.9 Å². The first-order chi connectivity index (χ1) is 12.5. The van der Waals surface area contributed by atoms with Gasteiger partial charge in [0.2, 0.25) is 5.88 Å². The lowest BCUT2D eigenvalue weighted by atomic mass is 9.83. The van der Waals surface area contributed by atoms with E-state index in [1.807, 2.05) is 30.3 Å². The maximum atomic E-state index is 12.9. The van der Waals surface area contributed by atoms with Crippen LogP contribution >= 0.6 is 22.6 Å². The second kappa shape index (κ2) is 7.62. The van der Waals surface area contributed by atoms with E-state index in [4.69, 9.17) is 15.2 Å². The predicted molar refractivity (Wildman–Crippen MR) is 105 cm³/mol. The van der Waals surface area contributed by atoms with E-state index in [0.717, 1.165) is 9.13 Å². The smallest absolute Gasteiger partial charge is 0.343 e. The maximum Gasteiger partial charge on any atom is 0.343 e. The van der Waals surface area contributed by atoms with E-state index >= 15 is 0 Å². The number of ether oxygens (including phenoxy) is 2. The topological polar surface area (TPSA) is 85.3 Å². The summed E-state index contributed by atoms with van der Waals surface area (Å²) >= 11 is 2.17. The number of carbonyl (C=O) groups is 1. The van der Waals surface area contributed by atoms with Gasteiger partial charge >= 0.3 is 5.97 Å². The van der Waals surface area contributed by atoms with Crippen molar-refractivity contribution in [1.82, 2.24) is 0 Å². The quantitative estimate of drug-likeness (QED) is 0.428. The molecule has 26 heavy (non-hydrogen) atoms. The lowest BCUT2D eigenvalue weighted by Crippen LogP contribution is -2.27. The third-order valence-electron chi connectivity index (χ3n) is 4.00. The molecular formula is C20H15IN2O3. The first-order valence-electron chi connectivity index (χ1n) is 7.83. The first-order valence-corrected chi connectivity index (χ1v) is 8.90. The molecule has 1 atom stereocenters. The van der Waals surface area contributed by atoms with E-state index in [1.54, 1.807) is 31.2 Å². The molecule has 1 aliphatic heterocycles. The van der Waals surface area contributed by atoms with Crippen molar-refractivity contribution in [3.8, 4) is 11.8 Å². The number of rotatable bonds is 3. The van der Waals surface area contributed by atoms with Crippen molar-refractivity contribution >= 4 is 28.6 Å². The van der Waals surface area contributed by atoms with Crippen LogP contribution in [0, 0.1) is 14.9 Å². The molecule has 3 rings (SSSR count). The lowest BCUT2D eigenvalue weighted by Gasteiger charge is -2.27. The molecule has 0 bridgehead atoms. The number of esters is 1. The summed E-state index contributed by atoms with van der Waals surface area (Å²) in [5.74, 6) is -0.463. The Bertz CT molecular complexity index is 959. The Morgan fingerprint density at radius 1 is 1.19 bits per heavy atom. The Hall–Kier alpha value is -2.79. The van der Waals surface area contributed by atoms with Crippen molar-refractivity contribution in [1.29, 1.82) is 5.26 Å². The van der Waals surface area contributed by atoms with Crippen LogP contribution in [0.25, 0.3) is 0 Å². The Morgan fingerprint density at radius 2 is 1.85 bits per heavy atom. The van der Waals surface area contributed by atoms with Crippen LogP contribution in [0.5, 0.6) is 5.75 Å². The molecular weight excluding hydrogens is 443 g/mol. The summed E-state index contributed by atoms with van der Waals surface area (Å²) in [6.45, 7) is 1.64. The number of carbonyl (C=O) groups excluding carboxylic acids is 1. The van der Waals surface area contributed by atoms with Gasteiger partial charge in [-0.2, -0.15) is 5.26 Å². The van der Waals surface area contributed by atoms with Gasteiger partial charge in [0, 0.05) is 3.57 Å². The molecule has 6 heteroatoms. The fourth-order valence-electron chi connectivity index (χ4n) is 2.82. The molecule has 1 aliphatic rings. The van der Waals surface area contributed by atoms with Crippen LogP contribution in [0.1, 0.15) is 18.4 Å². The number of nitriles is 1. The van der Waals surface area contributed by atoms with E-state index in [9.17, 15) is 10.1 Å². The molecule has 2 aromatic carbocycles. The molecule has 2 aromatic rings. The molecule has 0 saturated heterocycles. The summed E-state index contributed by atoms with van der Waals surface area (Å²) < 4.78 is 11.9. The summed E-state index contributed by atoms with van der Waals surface area (Å²) in [6.07, 6.45) is 0. The second-order valence-electron chi connectivity index (χ2n) is 5.62. The number of para-hydroxylation sites is 1. The number of allylic oxidation sites excluding steroid dienone is 2. The van der Waals surface area contributed by atoms with Crippen molar-refractivity contribution < 1.29 is 14.3 Å². The molecule has 0 aliphatic carbocycles. The van der Waals surface area contributed by atoms with Gasteiger partial charge in [-0.05, 0) is 53.3 Å². The number of hydrogen-bond donors (Lipinski definition) is 1. The minimum Gasteiger partial charge on any atom is -0.445 e. The minimum atomic E-state index is -0.641. The molecule has 0 aromatic heterocycles. The largest absolute Gasteiger partial charge is 0.445 e. The summed E-state index contributed by atoms with van der Waals surface area (Å²) in [6, 6.07) is 18.4. The SMILES string of the molecule is CC1=C(C(=O)Oc2ccccc2)[C@H](c2ccccc2I)C(C#N)=C(N)O1. The van der Waals surface area contributed by atoms with Crippen molar-refractivity contribution in [2.24, 2.45) is 5.73 Å². The van der Waals surface area contributed by atoms with Crippen LogP contribution in [0.15, 0.2) is 77.4 Å². The Morgan fingerprint density at radius 3 is 2.50 bits per heavy atom. The van der Waals surface area contributed by atoms with Crippen LogP contribution < -0.4 is 10.5 Å². The fourth-order valence-corrected chi connectivity index (χ4v) is 3.52. The summed E-state index contributed by atoms with van der Waals surface area (Å²) in [7, 11) is 0. The van der Waals surface area contributed by atoms with Crippen molar-refractivity contribution in [3.05, 3.63) is 86.5 Å². The first kappa shape index (κ1) is 18.0. The fraction of sp³-hybridized carbons (Fsp3) is 0.100. The van der Waals surface area contributed by atoms with Crippen molar-refractivity contribution in [2.75, 3.05) is 0 Å². The zero-order valence-corrected chi connectivity index (χ0v) is 16.1. The summed E-state index contributed by atoms with van der Waals surface area (Å²) in [5, 5.41) is 9.61. The van der Waals surface area contributed by atoms with Crippen LogP contribution in [0.2, 0.25) is 0 Å². The Labute approximate surface area is 164 Å². The third kappa shape index (κ3) is 3.44. The lowest BCUT2D eigenvalue weighted by molar-refractivity contribution is -0.130. The second-order valence-corrected chi connectivity index (χ2v) is 6.78. The minimum absolute atomic E-state index is 0.00548.